The maximum atomic E-state index is 3.06. The third kappa shape index (κ3) is 6.33. The number of hydrogen-bond donors (Lipinski definition) is 0. The van der Waals surface area contributed by atoms with E-state index >= 15 is 0 Å². The Morgan fingerprint density at radius 3 is 2.13 bits per heavy atom. The Bertz CT molecular complexity index is 225. The molecule has 0 unspecified atom stereocenters. The van der Waals surface area contributed by atoms with Crippen molar-refractivity contribution in [1.82, 2.24) is 0 Å². The molecule has 0 heterocycles. The molecule has 0 nitrogen and oxygen atoms in total. The minimum absolute atomic E-state index is 1.24. The van der Waals surface area contributed by atoms with Crippen molar-refractivity contribution in [3.05, 3.63) is 35.9 Å². The zero-order valence-corrected chi connectivity index (χ0v) is 9.97. The smallest absolute Gasteiger partial charge is 0.0184 e. The van der Waals surface area contributed by atoms with Crippen LogP contribution in [0.1, 0.15) is 57.4 Å². The Balaban J connectivity index is 1.93. The first kappa shape index (κ1) is 12.3. The average molecular weight is 203 g/mol. The maximum Gasteiger partial charge on any atom is -0.0184 e. The Morgan fingerprint density at radius 1 is 0.867 bits per heavy atom. The van der Waals surface area contributed by atoms with Crippen molar-refractivity contribution < 1.29 is 0 Å². The SMILES string of the molecule is CCCCCCCCCc1cc[c]cc1. The van der Waals surface area contributed by atoms with Crippen LogP contribution in [0.15, 0.2) is 24.3 Å². The molecule has 0 aliphatic rings. The van der Waals surface area contributed by atoms with Gasteiger partial charge in [0.05, 0.1) is 0 Å². The van der Waals surface area contributed by atoms with E-state index in [1.54, 1.807) is 0 Å². The number of hydrogen-bond acceptors (Lipinski definition) is 0. The monoisotopic (exact) mass is 203 g/mol. The van der Waals surface area contributed by atoms with Crippen LogP contribution in [0.25, 0.3) is 0 Å². The van der Waals surface area contributed by atoms with Crippen LogP contribution < -0.4 is 0 Å². The predicted molar refractivity (Wildman–Crippen MR) is 67.0 cm³/mol. The van der Waals surface area contributed by atoms with Crippen molar-refractivity contribution in [1.29, 1.82) is 0 Å². The molecular formula is C15H23. The molecule has 0 spiro atoms. The summed E-state index contributed by atoms with van der Waals surface area (Å²) >= 11 is 0. The van der Waals surface area contributed by atoms with Gasteiger partial charge < -0.3 is 0 Å². The minimum Gasteiger partial charge on any atom is -0.0654 e. The summed E-state index contributed by atoms with van der Waals surface area (Å²) in [5.41, 5.74) is 1.46. The van der Waals surface area contributed by atoms with E-state index < -0.39 is 0 Å². The molecule has 15 heavy (non-hydrogen) atoms. The predicted octanol–water partition coefficient (Wildman–Crippen LogP) is 4.78. The van der Waals surface area contributed by atoms with Gasteiger partial charge in [0.2, 0.25) is 0 Å². The van der Waals surface area contributed by atoms with E-state index in [9.17, 15) is 0 Å². The van der Waals surface area contributed by atoms with Crippen molar-refractivity contribution >= 4 is 0 Å². The van der Waals surface area contributed by atoms with Crippen LogP contribution in [0.2, 0.25) is 0 Å². The molecule has 0 aliphatic heterocycles. The van der Waals surface area contributed by atoms with E-state index in [4.69, 9.17) is 0 Å². The summed E-state index contributed by atoms with van der Waals surface area (Å²) < 4.78 is 0. The molecule has 1 aromatic carbocycles. The fourth-order valence-electron chi connectivity index (χ4n) is 1.87. The van der Waals surface area contributed by atoms with Crippen molar-refractivity contribution in [2.45, 2.75) is 58.3 Å². The van der Waals surface area contributed by atoms with Gasteiger partial charge in [0.15, 0.2) is 0 Å². The van der Waals surface area contributed by atoms with E-state index in [0.717, 1.165) is 0 Å². The topological polar surface area (TPSA) is 0 Å². The maximum absolute atomic E-state index is 3.06. The summed E-state index contributed by atoms with van der Waals surface area (Å²) in [5, 5.41) is 0. The van der Waals surface area contributed by atoms with Gasteiger partial charge in [-0.3, -0.25) is 0 Å². The molecule has 1 radical (unpaired) electrons. The van der Waals surface area contributed by atoms with Gasteiger partial charge in [-0.05, 0) is 24.5 Å². The summed E-state index contributed by atoms with van der Waals surface area (Å²) in [5.74, 6) is 0. The van der Waals surface area contributed by atoms with Gasteiger partial charge in [-0.15, -0.1) is 0 Å². The van der Waals surface area contributed by atoms with Crippen LogP contribution >= 0.6 is 0 Å². The van der Waals surface area contributed by atoms with Gasteiger partial charge in [0.1, 0.15) is 0 Å². The fourth-order valence-corrected chi connectivity index (χ4v) is 1.87. The van der Waals surface area contributed by atoms with Crippen LogP contribution in [0.4, 0.5) is 0 Å². The zero-order valence-electron chi connectivity index (χ0n) is 9.97. The summed E-state index contributed by atoms with van der Waals surface area (Å²) in [6, 6.07) is 11.4. The molecule has 0 aliphatic carbocycles. The van der Waals surface area contributed by atoms with E-state index in [2.05, 4.69) is 25.1 Å². The Kier molecular flexibility index (Phi) is 6.98. The molecule has 0 amide bonds. The summed E-state index contributed by atoms with van der Waals surface area (Å²) in [6.45, 7) is 2.27. The van der Waals surface area contributed by atoms with Crippen molar-refractivity contribution in [3.63, 3.8) is 0 Å². The standard InChI is InChI=1S/C15H23/c1-2-3-4-5-6-7-9-12-15-13-10-8-11-14-15/h10-11,13-14H,2-7,9,12H2,1H3. The summed E-state index contributed by atoms with van der Waals surface area (Å²) in [6.07, 6.45) is 11.0. The van der Waals surface area contributed by atoms with Crippen LogP contribution in [-0.2, 0) is 6.42 Å². The number of unbranched alkanes of at least 4 members (excludes halogenated alkanes) is 6. The third-order valence-corrected chi connectivity index (χ3v) is 2.86. The first-order valence-electron chi connectivity index (χ1n) is 6.38. The summed E-state index contributed by atoms with van der Waals surface area (Å²) in [7, 11) is 0. The third-order valence-electron chi connectivity index (χ3n) is 2.86. The second-order valence-electron chi connectivity index (χ2n) is 4.28. The van der Waals surface area contributed by atoms with Crippen LogP contribution in [0.5, 0.6) is 0 Å². The molecular weight excluding hydrogens is 180 g/mol. The quantitative estimate of drug-likeness (QED) is 0.533. The highest BCUT2D eigenvalue weighted by Gasteiger charge is 1.93. The molecule has 0 heteroatoms. The van der Waals surface area contributed by atoms with E-state index in [0.29, 0.717) is 0 Å². The molecule has 0 atom stereocenters. The first-order chi connectivity index (χ1) is 7.43. The molecule has 0 saturated carbocycles. The lowest BCUT2D eigenvalue weighted by Gasteiger charge is -2.01. The van der Waals surface area contributed by atoms with Gasteiger partial charge in [-0.25, -0.2) is 0 Å². The second kappa shape index (κ2) is 8.52. The molecule has 0 aromatic heterocycles. The number of rotatable bonds is 8. The zero-order chi connectivity index (χ0) is 10.8. The number of aryl methyl sites for hydroxylation is 1. The van der Waals surface area contributed by atoms with Gasteiger partial charge in [0.25, 0.3) is 0 Å². The van der Waals surface area contributed by atoms with Crippen molar-refractivity contribution in [2.75, 3.05) is 0 Å². The minimum atomic E-state index is 1.24. The molecule has 1 rings (SSSR count). The lowest BCUT2D eigenvalue weighted by Crippen LogP contribution is -1.85. The molecule has 0 bridgehead atoms. The average Bonchev–Trinajstić information content (AvgIpc) is 2.29. The molecule has 83 valence electrons. The summed E-state index contributed by atoms with van der Waals surface area (Å²) in [4.78, 5) is 0. The van der Waals surface area contributed by atoms with E-state index in [1.807, 2.05) is 12.1 Å². The Hall–Kier alpha value is -0.780. The lowest BCUT2D eigenvalue weighted by molar-refractivity contribution is 0.589. The highest BCUT2D eigenvalue weighted by atomic mass is 14.0. The Morgan fingerprint density at radius 2 is 1.47 bits per heavy atom. The lowest BCUT2D eigenvalue weighted by atomic mass is 10.0. The van der Waals surface area contributed by atoms with Gasteiger partial charge in [-0.2, -0.15) is 0 Å². The normalized spacial score (nSPS) is 10.5. The Labute approximate surface area is 94.7 Å². The van der Waals surface area contributed by atoms with E-state index in [-0.39, 0.29) is 0 Å². The van der Waals surface area contributed by atoms with Gasteiger partial charge in [-0.1, -0.05) is 69.7 Å². The van der Waals surface area contributed by atoms with Crippen LogP contribution in [0, 0.1) is 6.07 Å². The number of benzene rings is 1. The second-order valence-corrected chi connectivity index (χ2v) is 4.28. The van der Waals surface area contributed by atoms with Crippen LogP contribution in [-0.4, -0.2) is 0 Å². The van der Waals surface area contributed by atoms with E-state index in [1.165, 1.54) is 56.9 Å². The van der Waals surface area contributed by atoms with Gasteiger partial charge >= 0.3 is 0 Å². The first-order valence-corrected chi connectivity index (χ1v) is 6.38. The van der Waals surface area contributed by atoms with Crippen molar-refractivity contribution in [2.24, 2.45) is 0 Å². The molecule has 0 fully saturated rings. The molecule has 1 aromatic rings. The largest absolute Gasteiger partial charge is 0.0654 e. The highest BCUT2D eigenvalue weighted by Crippen LogP contribution is 2.10. The van der Waals surface area contributed by atoms with Gasteiger partial charge in [0, 0.05) is 0 Å². The molecule has 0 saturated heterocycles. The molecule has 0 N–H and O–H groups in total. The highest BCUT2D eigenvalue weighted by molar-refractivity contribution is 5.13. The van der Waals surface area contributed by atoms with Crippen molar-refractivity contribution in [3.8, 4) is 0 Å². The fraction of sp³-hybridized carbons (Fsp3) is 0.600. The van der Waals surface area contributed by atoms with Crippen LogP contribution in [0.3, 0.4) is 0 Å².